The lowest BCUT2D eigenvalue weighted by Crippen LogP contribution is -2.44. The van der Waals surface area contributed by atoms with Crippen LogP contribution in [-0.4, -0.2) is 53.6 Å². The molecular weight excluding hydrogens is 421 g/mol. The summed E-state index contributed by atoms with van der Waals surface area (Å²) in [7, 11) is 2.72. The molecule has 0 heterocycles. The fourth-order valence-electron chi connectivity index (χ4n) is 2.11. The molecular formula is C17H26Cl3NO6. The number of allylic oxidation sites excluding steroid dienone is 1. The third-order valence-corrected chi connectivity index (χ3v) is 4.28. The Bertz CT molecular complexity index is 547. The van der Waals surface area contributed by atoms with Crippen molar-refractivity contribution in [2.24, 2.45) is 11.3 Å². The van der Waals surface area contributed by atoms with E-state index in [2.05, 4.69) is 6.58 Å². The van der Waals surface area contributed by atoms with E-state index in [1.165, 1.54) is 28.0 Å². The zero-order valence-electron chi connectivity index (χ0n) is 16.1. The van der Waals surface area contributed by atoms with Crippen LogP contribution in [0.15, 0.2) is 12.7 Å². The Morgan fingerprint density at radius 2 is 1.78 bits per heavy atom. The number of rotatable bonds is 10. The highest BCUT2D eigenvalue weighted by molar-refractivity contribution is 6.67. The van der Waals surface area contributed by atoms with Crippen LogP contribution in [0.25, 0.3) is 0 Å². The number of Topliss-reactive ketones (excluding diaryl/α,β-unsaturated/α-hetero) is 1. The Hall–Kier alpha value is -1.02. The van der Waals surface area contributed by atoms with Crippen LogP contribution in [0.2, 0.25) is 0 Å². The average Bonchev–Trinajstić information content (AvgIpc) is 2.57. The number of nitrogens with zero attached hydrogens (tertiary/aromatic N) is 1. The van der Waals surface area contributed by atoms with Gasteiger partial charge in [0.15, 0.2) is 5.78 Å². The number of alkyl halides is 3. The molecule has 1 amide bonds. The number of ether oxygens (including phenoxy) is 2. The second-order valence-corrected chi connectivity index (χ2v) is 9.07. The molecule has 7 nitrogen and oxygen atoms in total. The standard InChI is InChI=1S/C17H26Cl3NO6/c1-7-8-11(2)12(27-15(24)26-10-17(18,19)20)9-13(22)16(3,4)14(23)21(5)25-6/h7,11-12H,1,8-10H2,2-6H3/t11?,12-/m1/s1. The molecule has 0 aromatic carbocycles. The van der Waals surface area contributed by atoms with Crippen molar-refractivity contribution in [3.05, 3.63) is 12.7 Å². The van der Waals surface area contributed by atoms with Crippen LogP contribution in [0, 0.1) is 11.3 Å². The van der Waals surface area contributed by atoms with Crippen LogP contribution in [0.4, 0.5) is 4.79 Å². The normalized spacial score (nSPS) is 14.1. The van der Waals surface area contributed by atoms with Crippen LogP contribution in [0.5, 0.6) is 0 Å². The molecule has 0 saturated heterocycles. The number of halogens is 3. The third kappa shape index (κ3) is 9.14. The van der Waals surface area contributed by atoms with Gasteiger partial charge >= 0.3 is 6.16 Å². The zero-order valence-corrected chi connectivity index (χ0v) is 18.4. The molecule has 0 aliphatic rings. The molecule has 0 radical (unpaired) electrons. The topological polar surface area (TPSA) is 82.1 Å². The molecule has 0 aliphatic heterocycles. The van der Waals surface area contributed by atoms with Gasteiger partial charge in [-0.3, -0.25) is 14.4 Å². The lowest BCUT2D eigenvalue weighted by Gasteiger charge is -2.29. The summed E-state index contributed by atoms with van der Waals surface area (Å²) in [6, 6.07) is 0. The van der Waals surface area contributed by atoms with Crippen molar-refractivity contribution in [3.8, 4) is 0 Å². The monoisotopic (exact) mass is 445 g/mol. The van der Waals surface area contributed by atoms with Gasteiger partial charge in [0.25, 0.3) is 5.91 Å². The molecule has 0 fully saturated rings. The molecule has 0 spiro atoms. The molecule has 0 N–H and O–H groups in total. The van der Waals surface area contributed by atoms with Crippen LogP contribution < -0.4 is 0 Å². The van der Waals surface area contributed by atoms with Crippen LogP contribution >= 0.6 is 34.8 Å². The largest absolute Gasteiger partial charge is 0.508 e. The van der Waals surface area contributed by atoms with Crippen molar-refractivity contribution in [2.45, 2.75) is 43.5 Å². The highest BCUT2D eigenvalue weighted by Gasteiger charge is 2.40. The summed E-state index contributed by atoms with van der Waals surface area (Å²) < 4.78 is 8.20. The number of hydrogen-bond donors (Lipinski definition) is 0. The fraction of sp³-hybridized carbons (Fsp3) is 0.706. The molecule has 0 saturated carbocycles. The predicted octanol–water partition coefficient (Wildman–Crippen LogP) is 4.10. The molecule has 10 heteroatoms. The molecule has 0 aromatic heterocycles. The third-order valence-electron chi connectivity index (χ3n) is 3.95. The molecule has 156 valence electrons. The number of amides is 1. The highest BCUT2D eigenvalue weighted by atomic mass is 35.6. The fourth-order valence-corrected chi connectivity index (χ4v) is 2.27. The molecule has 27 heavy (non-hydrogen) atoms. The van der Waals surface area contributed by atoms with Gasteiger partial charge in [-0.15, -0.1) is 6.58 Å². The van der Waals surface area contributed by atoms with Gasteiger partial charge in [0, 0.05) is 13.5 Å². The highest BCUT2D eigenvalue weighted by Crippen LogP contribution is 2.28. The van der Waals surface area contributed by atoms with Crippen molar-refractivity contribution < 1.29 is 28.7 Å². The summed E-state index contributed by atoms with van der Waals surface area (Å²) >= 11 is 16.6. The van der Waals surface area contributed by atoms with E-state index < -0.39 is 39.8 Å². The van der Waals surface area contributed by atoms with Gasteiger partial charge in [-0.25, -0.2) is 9.86 Å². The van der Waals surface area contributed by atoms with E-state index in [9.17, 15) is 14.4 Å². The van der Waals surface area contributed by atoms with Crippen molar-refractivity contribution in [1.82, 2.24) is 5.06 Å². The molecule has 0 bridgehead atoms. The average molecular weight is 447 g/mol. The van der Waals surface area contributed by atoms with E-state index in [1.807, 2.05) is 0 Å². The Labute approximate surface area is 174 Å². The van der Waals surface area contributed by atoms with E-state index in [-0.39, 0.29) is 12.3 Å². The van der Waals surface area contributed by atoms with Crippen LogP contribution in [0.3, 0.4) is 0 Å². The van der Waals surface area contributed by atoms with Crippen LogP contribution in [0.1, 0.15) is 33.6 Å². The lowest BCUT2D eigenvalue weighted by atomic mass is 9.82. The first-order chi connectivity index (χ1) is 12.3. The zero-order chi connectivity index (χ0) is 21.4. The number of hydroxylamine groups is 2. The number of ketones is 1. The molecule has 2 atom stereocenters. The molecule has 0 aromatic rings. The lowest BCUT2D eigenvalue weighted by molar-refractivity contribution is -0.180. The summed E-state index contributed by atoms with van der Waals surface area (Å²) in [5.41, 5.74) is -1.37. The number of carbonyl (C=O) groups is 3. The van der Waals surface area contributed by atoms with Gasteiger partial charge in [0.1, 0.15) is 18.1 Å². The van der Waals surface area contributed by atoms with E-state index >= 15 is 0 Å². The Kier molecular flexibility index (Phi) is 10.7. The summed E-state index contributed by atoms with van der Waals surface area (Å²) in [5.74, 6) is -1.20. The first-order valence-electron chi connectivity index (χ1n) is 8.12. The number of hydrogen-bond acceptors (Lipinski definition) is 6. The van der Waals surface area contributed by atoms with Gasteiger partial charge in [-0.2, -0.15) is 0 Å². The van der Waals surface area contributed by atoms with Gasteiger partial charge in [-0.05, 0) is 26.2 Å². The second kappa shape index (κ2) is 11.1. The van der Waals surface area contributed by atoms with Crippen molar-refractivity contribution >= 4 is 52.6 Å². The van der Waals surface area contributed by atoms with Crippen molar-refractivity contribution in [1.29, 1.82) is 0 Å². The van der Waals surface area contributed by atoms with Gasteiger partial charge in [-0.1, -0.05) is 47.8 Å². The second-order valence-electron chi connectivity index (χ2n) is 6.55. The quantitative estimate of drug-likeness (QED) is 0.165. The van der Waals surface area contributed by atoms with Gasteiger partial charge in [0.2, 0.25) is 3.79 Å². The summed E-state index contributed by atoms with van der Waals surface area (Å²) in [5, 5.41) is 0.968. The maximum atomic E-state index is 12.7. The van der Waals surface area contributed by atoms with Crippen LogP contribution in [-0.2, 0) is 23.9 Å². The minimum Gasteiger partial charge on any atom is -0.430 e. The van der Waals surface area contributed by atoms with Crippen molar-refractivity contribution in [2.75, 3.05) is 20.8 Å². The maximum Gasteiger partial charge on any atom is 0.508 e. The van der Waals surface area contributed by atoms with E-state index in [4.69, 9.17) is 49.1 Å². The van der Waals surface area contributed by atoms with Gasteiger partial charge in [0.05, 0.1) is 7.11 Å². The van der Waals surface area contributed by atoms with E-state index in [1.54, 1.807) is 13.0 Å². The van der Waals surface area contributed by atoms with E-state index in [0.29, 0.717) is 6.42 Å². The maximum absolute atomic E-state index is 12.7. The molecule has 0 rings (SSSR count). The summed E-state index contributed by atoms with van der Waals surface area (Å²) in [6.45, 7) is 7.86. The van der Waals surface area contributed by atoms with Crippen molar-refractivity contribution in [3.63, 3.8) is 0 Å². The summed E-state index contributed by atoms with van der Waals surface area (Å²) in [6.07, 6.45) is -0.0185. The first-order valence-corrected chi connectivity index (χ1v) is 9.26. The first kappa shape index (κ1) is 26.0. The van der Waals surface area contributed by atoms with Gasteiger partial charge < -0.3 is 9.47 Å². The SMILES string of the molecule is C=CCC(C)[C@@H](CC(=O)C(C)(C)C(=O)N(C)OC)OC(=O)OCC(Cl)(Cl)Cl. The molecule has 1 unspecified atom stereocenters. The minimum atomic E-state index is -1.78. The Morgan fingerprint density at radius 1 is 1.22 bits per heavy atom. The smallest absolute Gasteiger partial charge is 0.430 e. The van der Waals surface area contributed by atoms with E-state index in [0.717, 1.165) is 5.06 Å². The minimum absolute atomic E-state index is 0.200. The molecule has 0 aliphatic carbocycles. The Morgan fingerprint density at radius 3 is 2.22 bits per heavy atom. The predicted molar refractivity (Wildman–Crippen MR) is 104 cm³/mol. The number of carbonyl (C=O) groups excluding carboxylic acids is 3. The Balaban J connectivity index is 5.20. The summed E-state index contributed by atoms with van der Waals surface area (Å²) in [4.78, 5) is 41.8.